The highest BCUT2D eigenvalue weighted by Crippen LogP contribution is 2.29. The molecular formula is C35H42N6O3. The van der Waals surface area contributed by atoms with Crippen LogP contribution in [0.4, 0.5) is 5.69 Å². The summed E-state index contributed by atoms with van der Waals surface area (Å²) in [6.45, 7) is 6.52. The van der Waals surface area contributed by atoms with Crippen molar-refractivity contribution in [3.05, 3.63) is 83.6 Å². The van der Waals surface area contributed by atoms with Gasteiger partial charge in [0.2, 0.25) is 11.8 Å². The number of aromatic nitrogens is 2. The Bertz CT molecular complexity index is 1620. The van der Waals surface area contributed by atoms with E-state index in [4.69, 9.17) is 5.73 Å². The number of rotatable bonds is 10. The van der Waals surface area contributed by atoms with Crippen molar-refractivity contribution in [1.29, 1.82) is 0 Å². The van der Waals surface area contributed by atoms with E-state index in [0.717, 1.165) is 58.8 Å². The second kappa shape index (κ2) is 13.9. The Labute approximate surface area is 258 Å². The zero-order chi connectivity index (χ0) is 31.2. The van der Waals surface area contributed by atoms with E-state index in [-0.39, 0.29) is 29.7 Å². The number of anilines is 1. The second-order valence-corrected chi connectivity index (χ2v) is 12.2. The molecule has 5 rings (SSSR count). The van der Waals surface area contributed by atoms with Crippen LogP contribution in [0.3, 0.4) is 0 Å². The summed E-state index contributed by atoms with van der Waals surface area (Å²) in [5, 5.41) is 16.9. The third-order valence-corrected chi connectivity index (χ3v) is 8.51. The molecule has 1 aliphatic rings. The van der Waals surface area contributed by atoms with Gasteiger partial charge in [0.25, 0.3) is 5.91 Å². The van der Waals surface area contributed by atoms with E-state index >= 15 is 0 Å². The van der Waals surface area contributed by atoms with Gasteiger partial charge in [-0.05, 0) is 112 Å². The van der Waals surface area contributed by atoms with Crippen LogP contribution in [0.5, 0.6) is 0 Å². The highest BCUT2D eigenvalue weighted by atomic mass is 16.2. The molecule has 0 saturated heterocycles. The van der Waals surface area contributed by atoms with Gasteiger partial charge < -0.3 is 21.7 Å². The molecule has 9 heteroatoms. The molecule has 0 aliphatic heterocycles. The summed E-state index contributed by atoms with van der Waals surface area (Å²) in [5.74, 6) is -0.105. The van der Waals surface area contributed by atoms with Gasteiger partial charge in [0.15, 0.2) is 0 Å². The lowest BCUT2D eigenvalue weighted by Crippen LogP contribution is -2.48. The molecule has 1 fully saturated rings. The number of amides is 3. The van der Waals surface area contributed by atoms with E-state index < -0.39 is 6.04 Å². The van der Waals surface area contributed by atoms with Crippen LogP contribution in [0.25, 0.3) is 22.0 Å². The van der Waals surface area contributed by atoms with Gasteiger partial charge in [0.05, 0.1) is 11.7 Å². The molecule has 1 atom stereocenters. The number of carbonyl (C=O) groups excluding carboxylic acids is 3. The normalized spacial score (nSPS) is 17.3. The second-order valence-electron chi connectivity index (χ2n) is 12.2. The number of hydrogen-bond donors (Lipinski definition) is 5. The topological polar surface area (TPSA) is 142 Å². The molecule has 3 amide bonds. The summed E-state index contributed by atoms with van der Waals surface area (Å²) in [6.07, 6.45) is 5.50. The Hall–Kier alpha value is -4.50. The fourth-order valence-corrected chi connectivity index (χ4v) is 5.93. The van der Waals surface area contributed by atoms with Gasteiger partial charge in [0, 0.05) is 35.0 Å². The summed E-state index contributed by atoms with van der Waals surface area (Å²) in [6, 6.07) is 18.6. The maximum absolute atomic E-state index is 13.6. The number of nitrogens with one attached hydrogen (secondary N) is 4. The van der Waals surface area contributed by atoms with Gasteiger partial charge in [-0.25, -0.2) is 0 Å². The first kappa shape index (κ1) is 30.9. The Morgan fingerprint density at radius 2 is 1.70 bits per heavy atom. The minimum Gasteiger partial charge on any atom is -0.350 e. The summed E-state index contributed by atoms with van der Waals surface area (Å²) < 4.78 is 0. The highest BCUT2D eigenvalue weighted by molar-refractivity contribution is 5.99. The number of fused-ring (bicyclic) bond motifs is 1. The van der Waals surface area contributed by atoms with Crippen LogP contribution in [0.15, 0.2) is 66.9 Å². The standard InChI is InChI=1S/C35H42N6O3/c1-21(2)38-34(43)27-13-15-30(22(3)16-27)25-8-4-23(5-9-25)17-32(40-33(42)26-10-6-24(19-36)7-11-26)35(44)39-29-14-12-28-20-37-41-31(28)18-29/h4-5,8-9,12-16,18,20-21,24,26,32H,6-7,10-11,17,19,36H2,1-3H3,(H,37,41)(H,38,43)(H,39,44)(H,40,42)/t24-,26-,32-/m0/s1. The minimum absolute atomic E-state index is 0.0666. The number of aryl methyl sites for hydroxylation is 1. The molecule has 0 unspecified atom stereocenters. The van der Waals surface area contributed by atoms with E-state index in [0.29, 0.717) is 30.1 Å². The van der Waals surface area contributed by atoms with E-state index in [1.165, 1.54) is 0 Å². The van der Waals surface area contributed by atoms with E-state index in [2.05, 4.69) is 26.1 Å². The maximum atomic E-state index is 13.6. The molecule has 9 nitrogen and oxygen atoms in total. The van der Waals surface area contributed by atoms with Crippen molar-refractivity contribution in [1.82, 2.24) is 20.8 Å². The SMILES string of the molecule is Cc1cc(C(=O)NC(C)C)ccc1-c1ccc(C[C@H](NC(=O)[C@H]2CC[C@H](CN)CC2)C(=O)Nc2ccc3cn[nH]c3c2)cc1. The summed E-state index contributed by atoms with van der Waals surface area (Å²) in [5.41, 5.74) is 11.9. The Balaban J connectivity index is 1.31. The van der Waals surface area contributed by atoms with Crippen molar-refractivity contribution >= 4 is 34.3 Å². The zero-order valence-electron chi connectivity index (χ0n) is 25.7. The molecule has 1 aromatic heterocycles. The summed E-state index contributed by atoms with van der Waals surface area (Å²) >= 11 is 0. The Kier molecular flexibility index (Phi) is 9.75. The smallest absolute Gasteiger partial charge is 0.251 e. The van der Waals surface area contributed by atoms with Crippen molar-refractivity contribution in [3.8, 4) is 11.1 Å². The number of aromatic amines is 1. The largest absolute Gasteiger partial charge is 0.350 e. The van der Waals surface area contributed by atoms with E-state index in [1.54, 1.807) is 6.20 Å². The van der Waals surface area contributed by atoms with Gasteiger partial charge in [-0.15, -0.1) is 0 Å². The molecule has 44 heavy (non-hydrogen) atoms. The van der Waals surface area contributed by atoms with Crippen LogP contribution in [0.1, 0.15) is 61.0 Å². The number of nitrogens with two attached hydrogens (primary N) is 1. The number of H-pyrrole nitrogens is 1. The molecule has 1 aliphatic carbocycles. The predicted molar refractivity (Wildman–Crippen MR) is 174 cm³/mol. The summed E-state index contributed by atoms with van der Waals surface area (Å²) in [4.78, 5) is 39.4. The number of benzene rings is 3. The molecule has 0 radical (unpaired) electrons. The quantitative estimate of drug-likeness (QED) is 0.174. The highest BCUT2D eigenvalue weighted by Gasteiger charge is 2.29. The lowest BCUT2D eigenvalue weighted by Gasteiger charge is -2.28. The third kappa shape index (κ3) is 7.52. The fourth-order valence-electron chi connectivity index (χ4n) is 5.93. The number of carbonyl (C=O) groups is 3. The van der Waals surface area contributed by atoms with E-state index in [1.807, 2.05) is 81.4 Å². The fraction of sp³-hybridized carbons (Fsp3) is 0.371. The van der Waals surface area contributed by atoms with Crippen LogP contribution in [0, 0.1) is 18.8 Å². The van der Waals surface area contributed by atoms with Crippen LogP contribution in [-0.4, -0.2) is 46.5 Å². The average molecular weight is 595 g/mol. The van der Waals surface area contributed by atoms with Crippen molar-refractivity contribution in [2.75, 3.05) is 11.9 Å². The molecule has 3 aromatic carbocycles. The lowest BCUT2D eigenvalue weighted by molar-refractivity contribution is -0.130. The van der Waals surface area contributed by atoms with Crippen LogP contribution in [-0.2, 0) is 16.0 Å². The monoisotopic (exact) mass is 594 g/mol. The van der Waals surface area contributed by atoms with Crippen LogP contribution >= 0.6 is 0 Å². The lowest BCUT2D eigenvalue weighted by atomic mass is 9.81. The van der Waals surface area contributed by atoms with Crippen molar-refractivity contribution in [2.45, 2.75) is 65.0 Å². The number of hydrogen-bond acceptors (Lipinski definition) is 5. The van der Waals surface area contributed by atoms with Gasteiger partial charge >= 0.3 is 0 Å². The van der Waals surface area contributed by atoms with Gasteiger partial charge in [-0.2, -0.15) is 5.10 Å². The first-order valence-electron chi connectivity index (χ1n) is 15.5. The summed E-state index contributed by atoms with van der Waals surface area (Å²) in [7, 11) is 0. The van der Waals surface area contributed by atoms with Gasteiger partial charge in [-0.3, -0.25) is 19.5 Å². The van der Waals surface area contributed by atoms with Gasteiger partial charge in [-0.1, -0.05) is 30.3 Å². The first-order valence-corrected chi connectivity index (χ1v) is 15.5. The number of nitrogens with zero attached hydrogens (tertiary/aromatic N) is 1. The molecule has 4 aromatic rings. The van der Waals surface area contributed by atoms with Crippen molar-refractivity contribution in [3.63, 3.8) is 0 Å². The first-order chi connectivity index (χ1) is 21.2. The molecular weight excluding hydrogens is 552 g/mol. The zero-order valence-corrected chi connectivity index (χ0v) is 25.7. The van der Waals surface area contributed by atoms with Crippen molar-refractivity contribution in [2.24, 2.45) is 17.6 Å². The average Bonchev–Trinajstić information content (AvgIpc) is 3.49. The molecule has 6 N–H and O–H groups in total. The molecule has 0 bridgehead atoms. The van der Waals surface area contributed by atoms with Crippen LogP contribution in [0.2, 0.25) is 0 Å². The minimum atomic E-state index is -0.751. The molecule has 0 spiro atoms. The maximum Gasteiger partial charge on any atom is 0.251 e. The molecule has 1 saturated carbocycles. The Morgan fingerprint density at radius 3 is 2.39 bits per heavy atom. The molecule has 230 valence electrons. The van der Waals surface area contributed by atoms with E-state index in [9.17, 15) is 14.4 Å². The van der Waals surface area contributed by atoms with Crippen molar-refractivity contribution < 1.29 is 14.4 Å². The Morgan fingerprint density at radius 1 is 0.955 bits per heavy atom. The van der Waals surface area contributed by atoms with Gasteiger partial charge in [0.1, 0.15) is 6.04 Å². The van der Waals surface area contributed by atoms with Crippen LogP contribution < -0.4 is 21.7 Å². The third-order valence-electron chi connectivity index (χ3n) is 8.51. The molecule has 1 heterocycles. The predicted octanol–water partition coefficient (Wildman–Crippen LogP) is 5.11.